The van der Waals surface area contributed by atoms with E-state index in [-0.39, 0.29) is 16.9 Å². The molecule has 0 spiro atoms. The minimum atomic E-state index is -4.92. The minimum absolute atomic E-state index is 0.0161. The van der Waals surface area contributed by atoms with Gasteiger partial charge in [-0.05, 0) is 67.0 Å². The molecule has 2 aromatic carbocycles. The van der Waals surface area contributed by atoms with Gasteiger partial charge in [-0.2, -0.15) is 0 Å². The third-order valence-electron chi connectivity index (χ3n) is 6.78. The molecule has 0 amide bonds. The first kappa shape index (κ1) is 32.9. The van der Waals surface area contributed by atoms with E-state index in [1.165, 1.54) is 11.1 Å². The maximum Gasteiger partial charge on any atom is 0.215 e. The van der Waals surface area contributed by atoms with E-state index in [1.54, 1.807) is 0 Å². The zero-order valence-electron chi connectivity index (χ0n) is 24.1. The molecule has 0 saturated heterocycles. The van der Waals surface area contributed by atoms with E-state index in [9.17, 15) is 0 Å². The van der Waals surface area contributed by atoms with Crippen molar-refractivity contribution in [2.75, 3.05) is 32.8 Å². The van der Waals surface area contributed by atoms with Gasteiger partial charge in [0.1, 0.15) is 24.7 Å². The van der Waals surface area contributed by atoms with Crippen LogP contribution < -0.4 is 9.47 Å². The zero-order valence-corrected chi connectivity index (χ0v) is 24.9. The molecule has 1 atom stereocenters. The Balaban J connectivity index is 0.00000124. The predicted octanol–water partition coefficient (Wildman–Crippen LogP) is 5.99. The van der Waals surface area contributed by atoms with Crippen LogP contribution in [0.15, 0.2) is 48.5 Å². The molecular weight excluding hydrogens is 490 g/mol. The van der Waals surface area contributed by atoms with Crippen LogP contribution in [-0.2, 0) is 21.2 Å². The average Bonchev–Trinajstić information content (AvgIpc) is 2.79. The van der Waals surface area contributed by atoms with Crippen LogP contribution in [0.4, 0.5) is 0 Å². The zero-order chi connectivity index (χ0) is 28.5. The molecule has 210 valence electrons. The van der Waals surface area contributed by atoms with Gasteiger partial charge in [0.25, 0.3) is 0 Å². The Morgan fingerprint density at radius 1 is 0.784 bits per heavy atom. The van der Waals surface area contributed by atoms with Gasteiger partial charge in [-0.25, -0.2) is 8.42 Å². The Labute approximate surface area is 225 Å². The summed E-state index contributed by atoms with van der Waals surface area (Å²) >= 11 is 0. The van der Waals surface area contributed by atoms with Crippen molar-refractivity contribution in [3.05, 3.63) is 59.7 Å². The van der Waals surface area contributed by atoms with E-state index in [1.807, 2.05) is 0 Å². The molecule has 2 rings (SSSR count). The highest BCUT2D eigenvalue weighted by Crippen LogP contribution is 2.26. The van der Waals surface area contributed by atoms with Crippen molar-refractivity contribution < 1.29 is 31.5 Å². The third-order valence-corrected chi connectivity index (χ3v) is 6.78. The molecule has 0 fully saturated rings. The first-order valence-corrected chi connectivity index (χ1v) is 14.3. The van der Waals surface area contributed by atoms with Gasteiger partial charge in [0.2, 0.25) is 10.4 Å². The molecule has 0 aromatic heterocycles. The van der Waals surface area contributed by atoms with Crippen molar-refractivity contribution in [3.63, 3.8) is 0 Å². The molecule has 0 bridgehead atoms. The second-order valence-corrected chi connectivity index (χ2v) is 12.4. The fraction of sp³-hybridized carbons (Fsp3) is 0.586. The van der Waals surface area contributed by atoms with Gasteiger partial charge < -0.3 is 18.5 Å². The Morgan fingerprint density at radius 3 is 1.46 bits per heavy atom. The molecule has 0 saturated carbocycles. The summed E-state index contributed by atoms with van der Waals surface area (Å²) in [5.41, 5.74) is 2.91. The number of nitrogens with zero attached hydrogens (tertiary/aromatic N) is 1. The molecule has 8 heteroatoms. The van der Waals surface area contributed by atoms with Crippen LogP contribution in [0.25, 0.3) is 0 Å². The standard InChI is InChI=1S/C29H46NO2.H2O4S/c1-10-30(11-2,12-3)21-27(32-26-19-15-24(16-20-26)29(7,8)9)22-31-25-17-13-23(14-18-25)28(4,5)6;1-5(2,3)4/h13-20,27H,10-12,21-22H2,1-9H3;(H2,1,2,3,4)/q+1;/p-1. The van der Waals surface area contributed by atoms with Crippen molar-refractivity contribution >= 4 is 10.4 Å². The quantitative estimate of drug-likeness (QED) is 0.227. The van der Waals surface area contributed by atoms with Crippen molar-refractivity contribution in [3.8, 4) is 11.5 Å². The van der Waals surface area contributed by atoms with Gasteiger partial charge in [-0.15, -0.1) is 0 Å². The summed E-state index contributed by atoms with van der Waals surface area (Å²) in [6, 6.07) is 17.1. The van der Waals surface area contributed by atoms with Crippen LogP contribution in [0.5, 0.6) is 11.5 Å². The summed E-state index contributed by atoms with van der Waals surface area (Å²) in [4.78, 5) is 0. The van der Waals surface area contributed by atoms with Gasteiger partial charge in [0.15, 0.2) is 6.10 Å². The highest BCUT2D eigenvalue weighted by molar-refractivity contribution is 7.79. The van der Waals surface area contributed by atoms with Gasteiger partial charge >= 0.3 is 0 Å². The number of quaternary nitrogens is 1. The largest absolute Gasteiger partial charge is 0.726 e. The molecule has 37 heavy (non-hydrogen) atoms. The second kappa shape index (κ2) is 13.6. The Morgan fingerprint density at radius 2 is 1.14 bits per heavy atom. The topological polar surface area (TPSA) is 95.9 Å². The lowest BCUT2D eigenvalue weighted by molar-refractivity contribution is -0.925. The van der Waals surface area contributed by atoms with E-state index in [0.29, 0.717) is 6.61 Å². The van der Waals surface area contributed by atoms with Gasteiger partial charge in [0, 0.05) is 0 Å². The maximum absolute atomic E-state index is 8.63. The van der Waals surface area contributed by atoms with Crippen LogP contribution in [0.1, 0.15) is 73.4 Å². The van der Waals surface area contributed by atoms with Gasteiger partial charge in [-0.3, -0.25) is 4.55 Å². The molecule has 0 aliphatic rings. The van der Waals surface area contributed by atoms with Gasteiger partial charge in [-0.1, -0.05) is 65.8 Å². The average molecular weight is 538 g/mol. The number of likely N-dealkylation sites (N-methyl/N-ethyl adjacent to an activating group) is 1. The highest BCUT2D eigenvalue weighted by atomic mass is 32.3. The monoisotopic (exact) mass is 537 g/mol. The molecule has 0 aliphatic carbocycles. The van der Waals surface area contributed by atoms with Crippen LogP contribution in [-0.4, -0.2) is 60.9 Å². The van der Waals surface area contributed by atoms with Crippen LogP contribution in [0.2, 0.25) is 0 Å². The summed E-state index contributed by atoms with van der Waals surface area (Å²) in [5, 5.41) is 0. The van der Waals surface area contributed by atoms with E-state index in [0.717, 1.165) is 42.2 Å². The van der Waals surface area contributed by atoms with E-state index >= 15 is 0 Å². The van der Waals surface area contributed by atoms with Crippen molar-refractivity contribution in [2.24, 2.45) is 0 Å². The molecule has 1 N–H and O–H groups in total. The van der Waals surface area contributed by atoms with E-state index in [2.05, 4.69) is 111 Å². The summed E-state index contributed by atoms with van der Waals surface area (Å²) in [6.45, 7) is 25.0. The number of hydrogen-bond donors (Lipinski definition) is 1. The number of hydrogen-bond acceptors (Lipinski definition) is 5. The van der Waals surface area contributed by atoms with E-state index < -0.39 is 10.4 Å². The fourth-order valence-electron chi connectivity index (χ4n) is 4.08. The SMILES string of the molecule is CC[N+](CC)(CC)CC(COc1ccc(C(C)(C)C)cc1)Oc1ccc(C(C)(C)C)cc1.O=S(=O)([O-])O. The summed E-state index contributed by atoms with van der Waals surface area (Å²) in [7, 11) is -4.92. The maximum atomic E-state index is 8.63. The molecule has 1 unspecified atom stereocenters. The highest BCUT2D eigenvalue weighted by Gasteiger charge is 2.28. The summed E-state index contributed by atoms with van der Waals surface area (Å²) in [6.07, 6.45) is -0.0161. The number of benzene rings is 2. The van der Waals surface area contributed by atoms with Crippen molar-refractivity contribution in [1.82, 2.24) is 0 Å². The molecular formula is C29H47NO6S. The van der Waals surface area contributed by atoms with Crippen LogP contribution >= 0.6 is 0 Å². The normalized spacial score (nSPS) is 13.4. The molecule has 0 aliphatic heterocycles. The summed E-state index contributed by atoms with van der Waals surface area (Å²) < 4.78 is 46.6. The Kier molecular flexibility index (Phi) is 12.1. The minimum Gasteiger partial charge on any atom is -0.726 e. The molecule has 0 radical (unpaired) electrons. The second-order valence-electron chi connectivity index (χ2n) is 11.5. The third kappa shape index (κ3) is 12.3. The lowest BCUT2D eigenvalue weighted by atomic mass is 9.87. The lowest BCUT2D eigenvalue weighted by Gasteiger charge is -2.38. The first-order chi connectivity index (χ1) is 16.9. The molecule has 2 aromatic rings. The van der Waals surface area contributed by atoms with E-state index in [4.69, 9.17) is 27.0 Å². The number of rotatable bonds is 10. The van der Waals surface area contributed by atoms with Crippen molar-refractivity contribution in [2.45, 2.75) is 79.2 Å². The Hall–Kier alpha value is -2.13. The predicted molar refractivity (Wildman–Crippen MR) is 149 cm³/mol. The molecule has 0 heterocycles. The fourth-order valence-corrected chi connectivity index (χ4v) is 4.08. The van der Waals surface area contributed by atoms with Crippen LogP contribution in [0, 0.1) is 0 Å². The molecule has 7 nitrogen and oxygen atoms in total. The van der Waals surface area contributed by atoms with Gasteiger partial charge in [0.05, 0.1) is 19.6 Å². The number of ether oxygens (including phenoxy) is 2. The smallest absolute Gasteiger partial charge is 0.215 e. The van der Waals surface area contributed by atoms with Crippen LogP contribution in [0.3, 0.4) is 0 Å². The summed E-state index contributed by atoms with van der Waals surface area (Å²) in [5.74, 6) is 1.81. The van der Waals surface area contributed by atoms with Crippen molar-refractivity contribution in [1.29, 1.82) is 0 Å². The Bertz CT molecular complexity index is 1020. The lowest BCUT2D eigenvalue weighted by Crippen LogP contribution is -2.54. The first-order valence-electron chi connectivity index (χ1n) is 13.0.